The molecule has 4 nitrogen and oxygen atoms in total. The molecule has 1 aromatic heterocycles. The van der Waals surface area contributed by atoms with Crippen molar-refractivity contribution < 1.29 is 13.9 Å². The van der Waals surface area contributed by atoms with Gasteiger partial charge in [-0.3, -0.25) is 0 Å². The number of carbonyl (C=O) groups is 1. The second kappa shape index (κ2) is 6.57. The van der Waals surface area contributed by atoms with Gasteiger partial charge in [0, 0.05) is 11.9 Å². The Hall–Kier alpha value is -1.81. The van der Waals surface area contributed by atoms with Crippen molar-refractivity contribution in [2.75, 3.05) is 26.2 Å². The SMILES string of the molecule is CCN(CC)CCOC(=O)c1cc2cc(C)ccc2o1. The molecule has 1 aromatic carbocycles. The summed E-state index contributed by atoms with van der Waals surface area (Å²) >= 11 is 0. The maximum atomic E-state index is 11.9. The van der Waals surface area contributed by atoms with Crippen molar-refractivity contribution in [3.8, 4) is 0 Å². The second-order valence-electron chi connectivity index (χ2n) is 4.81. The van der Waals surface area contributed by atoms with E-state index in [2.05, 4.69) is 18.7 Å². The molecule has 0 saturated carbocycles. The topological polar surface area (TPSA) is 42.7 Å². The molecule has 0 bridgehead atoms. The van der Waals surface area contributed by atoms with Crippen LogP contribution in [-0.4, -0.2) is 37.1 Å². The molecule has 0 N–H and O–H groups in total. The van der Waals surface area contributed by atoms with Gasteiger partial charge in [0.1, 0.15) is 12.2 Å². The highest BCUT2D eigenvalue weighted by molar-refractivity contribution is 5.92. The molecule has 2 rings (SSSR count). The van der Waals surface area contributed by atoms with E-state index in [1.54, 1.807) is 6.07 Å². The maximum absolute atomic E-state index is 11.9. The van der Waals surface area contributed by atoms with Crippen LogP contribution in [-0.2, 0) is 4.74 Å². The highest BCUT2D eigenvalue weighted by Crippen LogP contribution is 2.21. The number of hydrogen-bond acceptors (Lipinski definition) is 4. The molecule has 108 valence electrons. The number of hydrogen-bond donors (Lipinski definition) is 0. The van der Waals surface area contributed by atoms with Crippen LogP contribution in [0.4, 0.5) is 0 Å². The zero-order valence-corrected chi connectivity index (χ0v) is 12.3. The largest absolute Gasteiger partial charge is 0.458 e. The first-order chi connectivity index (χ1) is 9.63. The predicted molar refractivity (Wildman–Crippen MR) is 79.0 cm³/mol. The van der Waals surface area contributed by atoms with Crippen molar-refractivity contribution >= 4 is 16.9 Å². The standard InChI is InChI=1S/C16H21NO3/c1-4-17(5-2)8-9-19-16(18)15-11-13-10-12(3)6-7-14(13)20-15/h6-7,10-11H,4-5,8-9H2,1-3H3. The molecule has 0 radical (unpaired) electrons. The van der Waals surface area contributed by atoms with E-state index in [1.165, 1.54) is 0 Å². The molecular formula is C16H21NO3. The first-order valence-electron chi connectivity index (χ1n) is 7.03. The monoisotopic (exact) mass is 275 g/mol. The molecule has 0 atom stereocenters. The van der Waals surface area contributed by atoms with Crippen LogP contribution in [0.5, 0.6) is 0 Å². The van der Waals surface area contributed by atoms with Crippen LogP contribution in [0.3, 0.4) is 0 Å². The lowest BCUT2D eigenvalue weighted by Gasteiger charge is -2.17. The number of benzene rings is 1. The van der Waals surface area contributed by atoms with Crippen molar-refractivity contribution in [1.82, 2.24) is 4.90 Å². The van der Waals surface area contributed by atoms with E-state index in [0.29, 0.717) is 12.2 Å². The summed E-state index contributed by atoms with van der Waals surface area (Å²) < 4.78 is 10.8. The summed E-state index contributed by atoms with van der Waals surface area (Å²) in [7, 11) is 0. The van der Waals surface area contributed by atoms with Crippen LogP contribution >= 0.6 is 0 Å². The number of esters is 1. The van der Waals surface area contributed by atoms with Crippen molar-refractivity contribution in [2.45, 2.75) is 20.8 Å². The molecule has 4 heteroatoms. The fraction of sp³-hybridized carbons (Fsp3) is 0.438. The molecule has 0 aliphatic heterocycles. The molecule has 2 aromatic rings. The number of likely N-dealkylation sites (N-methyl/N-ethyl adjacent to an activating group) is 1. The van der Waals surface area contributed by atoms with Crippen LogP contribution in [0, 0.1) is 6.92 Å². The number of fused-ring (bicyclic) bond motifs is 1. The number of ether oxygens (including phenoxy) is 1. The van der Waals surface area contributed by atoms with Crippen molar-refractivity contribution in [2.24, 2.45) is 0 Å². The van der Waals surface area contributed by atoms with Crippen molar-refractivity contribution in [3.63, 3.8) is 0 Å². The Labute approximate surface area is 119 Å². The molecule has 0 saturated heterocycles. The Bertz CT molecular complexity index is 584. The van der Waals surface area contributed by atoms with Gasteiger partial charge in [-0.15, -0.1) is 0 Å². The molecule has 0 unspecified atom stereocenters. The van der Waals surface area contributed by atoms with Crippen LogP contribution in [0.15, 0.2) is 28.7 Å². The van der Waals surface area contributed by atoms with Gasteiger partial charge in [0.2, 0.25) is 5.76 Å². The minimum atomic E-state index is -0.397. The van der Waals surface area contributed by atoms with E-state index in [4.69, 9.17) is 9.15 Å². The lowest BCUT2D eigenvalue weighted by atomic mass is 10.2. The van der Waals surface area contributed by atoms with Gasteiger partial charge >= 0.3 is 5.97 Å². The van der Waals surface area contributed by atoms with E-state index in [-0.39, 0.29) is 5.76 Å². The summed E-state index contributed by atoms with van der Waals surface area (Å²) in [5.74, 6) is -0.129. The summed E-state index contributed by atoms with van der Waals surface area (Å²) in [6, 6.07) is 7.56. The van der Waals surface area contributed by atoms with Crippen LogP contribution in [0.1, 0.15) is 30.0 Å². The molecule has 1 heterocycles. The third kappa shape index (κ3) is 3.39. The highest BCUT2D eigenvalue weighted by atomic mass is 16.5. The van der Waals surface area contributed by atoms with Crippen LogP contribution < -0.4 is 0 Å². The predicted octanol–water partition coefficient (Wildman–Crippen LogP) is 3.24. The molecule has 0 fully saturated rings. The molecule has 0 amide bonds. The van der Waals surface area contributed by atoms with E-state index < -0.39 is 5.97 Å². The molecule has 0 aliphatic carbocycles. The Morgan fingerprint density at radius 3 is 2.70 bits per heavy atom. The lowest BCUT2D eigenvalue weighted by molar-refractivity contribution is 0.0433. The Kier molecular flexibility index (Phi) is 4.79. The summed E-state index contributed by atoms with van der Waals surface area (Å²) in [4.78, 5) is 14.1. The number of aryl methyl sites for hydroxylation is 1. The fourth-order valence-corrected chi connectivity index (χ4v) is 2.14. The number of carbonyl (C=O) groups excluding carboxylic acids is 1. The summed E-state index contributed by atoms with van der Waals surface area (Å²) in [5.41, 5.74) is 1.85. The molecule has 0 spiro atoms. The fourth-order valence-electron chi connectivity index (χ4n) is 2.14. The summed E-state index contributed by atoms with van der Waals surface area (Å²) in [6.07, 6.45) is 0. The van der Waals surface area contributed by atoms with Crippen molar-refractivity contribution in [3.05, 3.63) is 35.6 Å². The smallest absolute Gasteiger partial charge is 0.374 e. The molecule has 0 aliphatic rings. The number of nitrogens with zero attached hydrogens (tertiary/aromatic N) is 1. The minimum absolute atomic E-state index is 0.269. The zero-order valence-electron chi connectivity index (χ0n) is 12.3. The van der Waals surface area contributed by atoms with Crippen LogP contribution in [0.2, 0.25) is 0 Å². The first-order valence-corrected chi connectivity index (χ1v) is 7.03. The van der Waals surface area contributed by atoms with E-state index in [9.17, 15) is 4.79 Å². The lowest BCUT2D eigenvalue weighted by Crippen LogP contribution is -2.27. The summed E-state index contributed by atoms with van der Waals surface area (Å²) in [5, 5.41) is 0.931. The maximum Gasteiger partial charge on any atom is 0.374 e. The minimum Gasteiger partial charge on any atom is -0.458 e. The molecular weight excluding hydrogens is 254 g/mol. The Morgan fingerprint density at radius 1 is 1.25 bits per heavy atom. The van der Waals surface area contributed by atoms with Crippen LogP contribution in [0.25, 0.3) is 11.0 Å². The van der Waals surface area contributed by atoms with Gasteiger partial charge in [-0.25, -0.2) is 4.79 Å². The van der Waals surface area contributed by atoms with Gasteiger partial charge in [0.15, 0.2) is 0 Å². The third-order valence-corrected chi connectivity index (χ3v) is 3.41. The van der Waals surface area contributed by atoms with Crippen molar-refractivity contribution in [1.29, 1.82) is 0 Å². The Morgan fingerprint density at radius 2 is 2.00 bits per heavy atom. The van der Waals surface area contributed by atoms with Gasteiger partial charge in [-0.1, -0.05) is 25.5 Å². The van der Waals surface area contributed by atoms with Gasteiger partial charge in [-0.2, -0.15) is 0 Å². The number of rotatable bonds is 6. The zero-order chi connectivity index (χ0) is 14.5. The average Bonchev–Trinajstić information content (AvgIpc) is 2.86. The third-order valence-electron chi connectivity index (χ3n) is 3.41. The van der Waals surface area contributed by atoms with E-state index in [0.717, 1.165) is 30.6 Å². The van der Waals surface area contributed by atoms with Gasteiger partial charge in [0.25, 0.3) is 0 Å². The van der Waals surface area contributed by atoms with E-state index in [1.807, 2.05) is 25.1 Å². The van der Waals surface area contributed by atoms with Gasteiger partial charge < -0.3 is 14.1 Å². The average molecular weight is 275 g/mol. The number of furan rings is 1. The highest BCUT2D eigenvalue weighted by Gasteiger charge is 2.14. The molecule has 20 heavy (non-hydrogen) atoms. The normalized spacial score (nSPS) is 11.2. The quantitative estimate of drug-likeness (QED) is 0.759. The Balaban J connectivity index is 1.97. The van der Waals surface area contributed by atoms with Gasteiger partial charge in [-0.05, 0) is 38.2 Å². The van der Waals surface area contributed by atoms with E-state index >= 15 is 0 Å². The second-order valence-corrected chi connectivity index (χ2v) is 4.81. The first kappa shape index (κ1) is 14.6. The van der Waals surface area contributed by atoms with Gasteiger partial charge in [0.05, 0.1) is 0 Å². The summed E-state index contributed by atoms with van der Waals surface area (Å²) in [6.45, 7) is 9.24.